The molecule has 2 heterocycles. The highest BCUT2D eigenvalue weighted by Gasteiger charge is 2.18. The predicted octanol–water partition coefficient (Wildman–Crippen LogP) is 5.73. The molecule has 3 rings (SSSR count). The molecule has 0 saturated carbocycles. The van der Waals surface area contributed by atoms with Gasteiger partial charge < -0.3 is 5.32 Å². The lowest BCUT2D eigenvalue weighted by atomic mass is 10.3. The molecule has 0 unspecified atom stereocenters. The number of carbonyl (C=O) groups excluding carboxylic acids is 1. The van der Waals surface area contributed by atoms with Crippen molar-refractivity contribution in [2.45, 2.75) is 6.92 Å². The van der Waals surface area contributed by atoms with Gasteiger partial charge in [0.05, 0.1) is 32.1 Å². The quantitative estimate of drug-likeness (QED) is 0.573. The first kappa shape index (κ1) is 17.2. The highest BCUT2D eigenvalue weighted by atomic mass is 35.5. The van der Waals surface area contributed by atoms with Gasteiger partial charge in [-0.25, -0.2) is 4.98 Å². The van der Waals surface area contributed by atoms with Gasteiger partial charge in [0.1, 0.15) is 9.88 Å². The van der Waals surface area contributed by atoms with E-state index in [0.29, 0.717) is 36.3 Å². The molecule has 1 amide bonds. The van der Waals surface area contributed by atoms with Crippen molar-refractivity contribution in [1.82, 2.24) is 9.97 Å². The molecule has 0 spiro atoms. The SMILES string of the molecule is Cc1nc(-c2ccccn2)sc1C(=O)Nc1cc(Cl)c(Cl)cc1Cl. The Bertz CT molecular complexity index is 912. The van der Waals surface area contributed by atoms with Crippen molar-refractivity contribution < 1.29 is 4.79 Å². The maximum Gasteiger partial charge on any atom is 0.267 e. The molecule has 0 saturated heterocycles. The number of amides is 1. The maximum atomic E-state index is 12.5. The summed E-state index contributed by atoms with van der Waals surface area (Å²) >= 11 is 19.2. The van der Waals surface area contributed by atoms with Crippen LogP contribution in [-0.4, -0.2) is 15.9 Å². The second-order valence-corrected chi connectivity index (χ2v) is 7.07. The molecule has 0 bridgehead atoms. The maximum absolute atomic E-state index is 12.5. The van der Waals surface area contributed by atoms with E-state index in [2.05, 4.69) is 15.3 Å². The van der Waals surface area contributed by atoms with Gasteiger partial charge in [0.25, 0.3) is 5.91 Å². The Balaban J connectivity index is 1.89. The summed E-state index contributed by atoms with van der Waals surface area (Å²) in [5.74, 6) is -0.313. The molecule has 24 heavy (non-hydrogen) atoms. The number of carbonyl (C=O) groups is 1. The zero-order chi connectivity index (χ0) is 17.3. The van der Waals surface area contributed by atoms with Gasteiger partial charge in [-0.15, -0.1) is 11.3 Å². The first-order chi connectivity index (χ1) is 11.5. The zero-order valence-corrected chi connectivity index (χ0v) is 15.4. The first-order valence-corrected chi connectivity index (χ1v) is 8.75. The van der Waals surface area contributed by atoms with Crippen LogP contribution in [0, 0.1) is 6.92 Å². The van der Waals surface area contributed by atoms with Gasteiger partial charge in [0.2, 0.25) is 0 Å². The van der Waals surface area contributed by atoms with Crippen molar-refractivity contribution in [2.24, 2.45) is 0 Å². The molecule has 122 valence electrons. The third kappa shape index (κ3) is 3.54. The number of hydrogen-bond donors (Lipinski definition) is 1. The molecule has 1 aromatic carbocycles. The Labute approximate surface area is 157 Å². The van der Waals surface area contributed by atoms with Crippen LogP contribution in [0.3, 0.4) is 0 Å². The van der Waals surface area contributed by atoms with E-state index in [1.807, 2.05) is 18.2 Å². The number of anilines is 1. The average Bonchev–Trinajstić information content (AvgIpc) is 2.95. The van der Waals surface area contributed by atoms with Crippen LogP contribution in [0.25, 0.3) is 10.7 Å². The normalized spacial score (nSPS) is 10.7. The minimum atomic E-state index is -0.313. The van der Waals surface area contributed by atoms with Crippen LogP contribution in [0.5, 0.6) is 0 Å². The molecule has 0 fully saturated rings. The van der Waals surface area contributed by atoms with E-state index in [1.54, 1.807) is 13.1 Å². The van der Waals surface area contributed by atoms with Gasteiger partial charge in [-0.05, 0) is 31.2 Å². The van der Waals surface area contributed by atoms with Crippen molar-refractivity contribution in [2.75, 3.05) is 5.32 Å². The number of benzene rings is 1. The topological polar surface area (TPSA) is 54.9 Å². The Morgan fingerprint density at radius 2 is 1.88 bits per heavy atom. The molecule has 8 heteroatoms. The number of rotatable bonds is 3. The fourth-order valence-corrected chi connectivity index (χ4v) is 3.54. The van der Waals surface area contributed by atoms with Crippen molar-refractivity contribution >= 4 is 57.7 Å². The van der Waals surface area contributed by atoms with Crippen molar-refractivity contribution in [3.05, 3.63) is 62.2 Å². The minimum Gasteiger partial charge on any atom is -0.320 e. The Morgan fingerprint density at radius 3 is 2.58 bits per heavy atom. The van der Waals surface area contributed by atoms with Crippen molar-refractivity contribution in [3.63, 3.8) is 0 Å². The molecule has 1 N–H and O–H groups in total. The monoisotopic (exact) mass is 397 g/mol. The zero-order valence-electron chi connectivity index (χ0n) is 12.3. The molecule has 0 atom stereocenters. The number of aromatic nitrogens is 2. The summed E-state index contributed by atoms with van der Waals surface area (Å²) in [6, 6.07) is 8.54. The first-order valence-electron chi connectivity index (χ1n) is 6.80. The molecule has 0 aliphatic rings. The lowest BCUT2D eigenvalue weighted by Crippen LogP contribution is -2.12. The second kappa shape index (κ2) is 7.07. The fraction of sp³-hybridized carbons (Fsp3) is 0.0625. The molecule has 0 aliphatic carbocycles. The number of thiazole rings is 1. The number of pyridine rings is 1. The summed E-state index contributed by atoms with van der Waals surface area (Å²) in [5, 5.41) is 4.36. The van der Waals surface area contributed by atoms with E-state index in [1.165, 1.54) is 23.5 Å². The fourth-order valence-electron chi connectivity index (χ4n) is 2.00. The van der Waals surface area contributed by atoms with Gasteiger partial charge in [-0.1, -0.05) is 40.9 Å². The highest BCUT2D eigenvalue weighted by Crippen LogP contribution is 2.33. The predicted molar refractivity (Wildman–Crippen MR) is 99.5 cm³/mol. The van der Waals surface area contributed by atoms with Crippen LogP contribution in [0.1, 0.15) is 15.4 Å². The summed E-state index contributed by atoms with van der Waals surface area (Å²) in [6.45, 7) is 1.77. The number of nitrogens with zero attached hydrogens (tertiary/aromatic N) is 2. The average molecular weight is 399 g/mol. The van der Waals surface area contributed by atoms with Gasteiger partial charge >= 0.3 is 0 Å². The Hall–Kier alpha value is -1.66. The summed E-state index contributed by atoms with van der Waals surface area (Å²) in [6.07, 6.45) is 1.68. The minimum absolute atomic E-state index is 0.310. The van der Waals surface area contributed by atoms with Crippen molar-refractivity contribution in [3.8, 4) is 10.7 Å². The van der Waals surface area contributed by atoms with E-state index in [-0.39, 0.29) is 5.91 Å². The molecule has 0 radical (unpaired) electrons. The number of halogens is 3. The Morgan fingerprint density at radius 1 is 1.12 bits per heavy atom. The number of nitrogens with one attached hydrogen (secondary N) is 1. The summed E-state index contributed by atoms with van der Waals surface area (Å²) < 4.78 is 0. The van der Waals surface area contributed by atoms with Gasteiger partial charge in [-0.3, -0.25) is 9.78 Å². The molecular formula is C16H10Cl3N3OS. The van der Waals surface area contributed by atoms with Crippen LogP contribution < -0.4 is 5.32 Å². The van der Waals surface area contributed by atoms with Gasteiger partial charge in [-0.2, -0.15) is 0 Å². The summed E-state index contributed by atoms with van der Waals surface area (Å²) in [5.41, 5.74) is 1.73. The van der Waals surface area contributed by atoms with E-state index >= 15 is 0 Å². The molecule has 4 nitrogen and oxygen atoms in total. The van der Waals surface area contributed by atoms with Crippen LogP contribution in [0.4, 0.5) is 5.69 Å². The smallest absolute Gasteiger partial charge is 0.267 e. The standard InChI is InChI=1S/C16H10Cl3N3OS/c1-8-14(24-16(21-8)12-4-2-3-5-20-12)15(23)22-13-7-10(18)9(17)6-11(13)19/h2-7H,1H3,(H,22,23). The molecule has 0 aliphatic heterocycles. The van der Waals surface area contributed by atoms with Crippen LogP contribution in [0.2, 0.25) is 15.1 Å². The van der Waals surface area contributed by atoms with Crippen LogP contribution in [-0.2, 0) is 0 Å². The molecule has 3 aromatic rings. The summed E-state index contributed by atoms with van der Waals surface area (Å²) in [4.78, 5) is 21.7. The third-order valence-electron chi connectivity index (χ3n) is 3.15. The van der Waals surface area contributed by atoms with E-state index in [9.17, 15) is 4.79 Å². The van der Waals surface area contributed by atoms with E-state index < -0.39 is 0 Å². The molecular weight excluding hydrogens is 389 g/mol. The lowest BCUT2D eigenvalue weighted by Gasteiger charge is -2.08. The number of aryl methyl sites for hydroxylation is 1. The number of hydrogen-bond acceptors (Lipinski definition) is 4. The molecule has 2 aromatic heterocycles. The highest BCUT2D eigenvalue weighted by molar-refractivity contribution is 7.17. The van der Waals surface area contributed by atoms with E-state index in [0.717, 1.165) is 5.69 Å². The largest absolute Gasteiger partial charge is 0.320 e. The van der Waals surface area contributed by atoms with Crippen LogP contribution >= 0.6 is 46.1 Å². The van der Waals surface area contributed by atoms with Crippen molar-refractivity contribution in [1.29, 1.82) is 0 Å². The summed E-state index contributed by atoms with van der Waals surface area (Å²) in [7, 11) is 0. The van der Waals surface area contributed by atoms with Crippen LogP contribution in [0.15, 0.2) is 36.5 Å². The lowest BCUT2D eigenvalue weighted by molar-refractivity contribution is 0.103. The Kier molecular flexibility index (Phi) is 5.06. The second-order valence-electron chi connectivity index (χ2n) is 4.85. The van der Waals surface area contributed by atoms with E-state index in [4.69, 9.17) is 34.8 Å². The van der Waals surface area contributed by atoms with Gasteiger partial charge in [0, 0.05) is 6.20 Å². The third-order valence-corrected chi connectivity index (χ3v) is 5.36. The van der Waals surface area contributed by atoms with Gasteiger partial charge in [0.15, 0.2) is 0 Å².